The van der Waals surface area contributed by atoms with E-state index in [1.807, 2.05) is 0 Å². The lowest BCUT2D eigenvalue weighted by Crippen LogP contribution is -2.74. The Morgan fingerprint density at radius 3 is 1.21 bits per heavy atom. The van der Waals surface area contributed by atoms with E-state index in [9.17, 15) is 0 Å². The van der Waals surface area contributed by atoms with Crippen molar-refractivity contribution in [3.05, 3.63) is 0 Å². The fraction of sp³-hybridized carbons (Fsp3) is 1.00. The van der Waals surface area contributed by atoms with Gasteiger partial charge in [0.05, 0.1) is 11.7 Å². The zero-order valence-corrected chi connectivity index (χ0v) is 19.1. The molecule has 1 aliphatic carbocycles. The maximum Gasteiger partial charge on any atom is 0.0695 e. The molecule has 0 aliphatic heterocycles. The van der Waals surface area contributed by atoms with Crippen molar-refractivity contribution in [2.24, 2.45) is 21.7 Å². The third-order valence-corrected chi connectivity index (χ3v) is 7.12. The van der Waals surface area contributed by atoms with E-state index in [1.165, 1.54) is 0 Å². The summed E-state index contributed by atoms with van der Waals surface area (Å²) < 4.78 is 6.73. The second-order valence-electron chi connectivity index (χ2n) is 12.3. The van der Waals surface area contributed by atoms with E-state index in [-0.39, 0.29) is 38.9 Å². The summed E-state index contributed by atoms with van der Waals surface area (Å²) in [4.78, 5) is 0. The van der Waals surface area contributed by atoms with Crippen molar-refractivity contribution in [1.82, 2.24) is 5.32 Å². The molecule has 144 valence electrons. The first kappa shape index (κ1) is 22.0. The largest absolute Gasteiger partial charge is 0.371 e. The van der Waals surface area contributed by atoms with Crippen molar-refractivity contribution in [2.45, 2.75) is 120 Å². The Balaban J connectivity index is 3.54. The Kier molecular flexibility index (Phi) is 5.22. The first-order chi connectivity index (χ1) is 10.2. The van der Waals surface area contributed by atoms with Crippen molar-refractivity contribution in [3.63, 3.8) is 0 Å². The van der Waals surface area contributed by atoms with Crippen LogP contribution in [0.3, 0.4) is 0 Å². The maximum atomic E-state index is 6.73. The van der Waals surface area contributed by atoms with Gasteiger partial charge in [0.2, 0.25) is 0 Å². The molecule has 0 amide bonds. The molecule has 0 aromatic heterocycles. The second-order valence-corrected chi connectivity index (χ2v) is 12.3. The molecule has 0 bridgehead atoms. The van der Waals surface area contributed by atoms with Crippen LogP contribution in [0.5, 0.6) is 0 Å². The van der Waals surface area contributed by atoms with Crippen molar-refractivity contribution >= 4 is 0 Å². The summed E-state index contributed by atoms with van der Waals surface area (Å²) in [5, 5.41) is 3.98. The molecule has 1 saturated carbocycles. The van der Waals surface area contributed by atoms with Gasteiger partial charge in [0, 0.05) is 11.6 Å². The molecule has 0 saturated heterocycles. The van der Waals surface area contributed by atoms with E-state index >= 15 is 0 Å². The van der Waals surface area contributed by atoms with Crippen LogP contribution in [0.15, 0.2) is 0 Å². The number of nitrogens with one attached hydrogen (secondary N) is 1. The predicted octanol–water partition coefficient (Wildman–Crippen LogP) is 6.05. The quantitative estimate of drug-likeness (QED) is 0.661. The summed E-state index contributed by atoms with van der Waals surface area (Å²) in [6.07, 6.45) is 0.188. The fourth-order valence-corrected chi connectivity index (χ4v) is 4.67. The number of hydrogen-bond donors (Lipinski definition) is 1. The standard InChI is InChI=1S/C22H45NO/c1-17(2,3)23-15-19(7,8)21(11,12)16(24-18(4,5)6)22(13,14)20(15,9)10/h15-16,23H,1-14H3/t15-,16+. The summed E-state index contributed by atoms with van der Waals surface area (Å²) in [5.74, 6) is 0. The number of hydrogen-bond acceptors (Lipinski definition) is 2. The molecular formula is C22H45NO. The lowest BCUT2D eigenvalue weighted by Gasteiger charge is -2.69. The lowest BCUT2D eigenvalue weighted by atomic mass is 9.41. The molecule has 0 unspecified atom stereocenters. The molecule has 1 aliphatic rings. The number of rotatable bonds is 2. The summed E-state index contributed by atoms with van der Waals surface area (Å²) in [6.45, 7) is 32.7. The van der Waals surface area contributed by atoms with E-state index in [0.29, 0.717) is 6.04 Å². The van der Waals surface area contributed by atoms with Crippen LogP contribution in [0.25, 0.3) is 0 Å². The van der Waals surface area contributed by atoms with E-state index < -0.39 is 0 Å². The lowest BCUT2D eigenvalue weighted by molar-refractivity contribution is -0.264. The van der Waals surface area contributed by atoms with Gasteiger partial charge in [-0.1, -0.05) is 55.4 Å². The minimum absolute atomic E-state index is 0.0439. The molecule has 1 rings (SSSR count). The Morgan fingerprint density at radius 2 is 0.958 bits per heavy atom. The topological polar surface area (TPSA) is 21.3 Å². The molecule has 2 heteroatoms. The predicted molar refractivity (Wildman–Crippen MR) is 106 cm³/mol. The van der Waals surface area contributed by atoms with Crippen LogP contribution in [0.4, 0.5) is 0 Å². The highest BCUT2D eigenvalue weighted by Crippen LogP contribution is 2.64. The minimum Gasteiger partial charge on any atom is -0.371 e. The maximum absolute atomic E-state index is 6.73. The molecule has 0 spiro atoms. The van der Waals surface area contributed by atoms with Crippen LogP contribution in [0.2, 0.25) is 0 Å². The van der Waals surface area contributed by atoms with Gasteiger partial charge in [-0.2, -0.15) is 0 Å². The summed E-state index contributed by atoms with van der Waals surface area (Å²) in [7, 11) is 0. The van der Waals surface area contributed by atoms with Crippen LogP contribution in [-0.4, -0.2) is 23.3 Å². The van der Waals surface area contributed by atoms with Crippen molar-refractivity contribution < 1.29 is 4.74 Å². The van der Waals surface area contributed by atoms with Crippen molar-refractivity contribution in [1.29, 1.82) is 0 Å². The zero-order valence-electron chi connectivity index (χ0n) is 19.1. The van der Waals surface area contributed by atoms with Crippen LogP contribution >= 0.6 is 0 Å². The Hall–Kier alpha value is -0.0800. The molecule has 0 radical (unpaired) electrons. The first-order valence-corrected chi connectivity index (χ1v) is 9.63. The van der Waals surface area contributed by atoms with Crippen LogP contribution < -0.4 is 5.32 Å². The van der Waals surface area contributed by atoms with Crippen LogP contribution in [0.1, 0.15) is 96.9 Å². The third kappa shape index (κ3) is 3.56. The molecule has 1 N–H and O–H groups in total. The van der Waals surface area contributed by atoms with Gasteiger partial charge in [0.25, 0.3) is 0 Å². The molecule has 0 heterocycles. The molecule has 0 atom stereocenters. The second kappa shape index (κ2) is 5.71. The number of ether oxygens (including phenoxy) is 1. The average Bonchev–Trinajstić information content (AvgIpc) is 2.28. The Bertz CT molecular complexity index is 385. The Labute approximate surface area is 152 Å². The summed E-state index contributed by atoms with van der Waals surface area (Å²) in [6, 6.07) is 0.398. The molecule has 2 nitrogen and oxygen atoms in total. The fourth-order valence-electron chi connectivity index (χ4n) is 4.67. The molecular weight excluding hydrogens is 294 g/mol. The van der Waals surface area contributed by atoms with Gasteiger partial charge < -0.3 is 10.1 Å². The smallest absolute Gasteiger partial charge is 0.0695 e. The molecule has 0 aromatic carbocycles. The van der Waals surface area contributed by atoms with Gasteiger partial charge in [-0.05, 0) is 63.2 Å². The normalized spacial score (nSPS) is 31.8. The average molecular weight is 340 g/mol. The van der Waals surface area contributed by atoms with E-state index in [1.54, 1.807) is 0 Å². The highest BCUT2D eigenvalue weighted by Gasteiger charge is 2.66. The van der Waals surface area contributed by atoms with E-state index in [0.717, 1.165) is 0 Å². The van der Waals surface area contributed by atoms with Gasteiger partial charge in [-0.25, -0.2) is 0 Å². The zero-order chi connectivity index (χ0) is 19.6. The van der Waals surface area contributed by atoms with Crippen LogP contribution in [0, 0.1) is 21.7 Å². The summed E-state index contributed by atoms with van der Waals surface area (Å²) >= 11 is 0. The van der Waals surface area contributed by atoms with Gasteiger partial charge >= 0.3 is 0 Å². The SMILES string of the molecule is CC(C)(C)N[C@H]1C(C)(C)C(C)(C)[C@@H](OC(C)(C)C)C(C)(C)C1(C)C. The van der Waals surface area contributed by atoms with Crippen LogP contribution in [-0.2, 0) is 4.74 Å². The van der Waals surface area contributed by atoms with Crippen molar-refractivity contribution in [2.75, 3.05) is 0 Å². The van der Waals surface area contributed by atoms with E-state index in [4.69, 9.17) is 4.74 Å². The van der Waals surface area contributed by atoms with E-state index in [2.05, 4.69) is 102 Å². The molecule has 0 aromatic rings. The highest BCUT2D eigenvalue weighted by molar-refractivity contribution is 5.17. The van der Waals surface area contributed by atoms with Gasteiger partial charge in [-0.15, -0.1) is 0 Å². The monoisotopic (exact) mass is 339 g/mol. The van der Waals surface area contributed by atoms with Gasteiger partial charge in [-0.3, -0.25) is 0 Å². The van der Waals surface area contributed by atoms with Crippen molar-refractivity contribution in [3.8, 4) is 0 Å². The first-order valence-electron chi connectivity index (χ1n) is 9.63. The van der Waals surface area contributed by atoms with Gasteiger partial charge in [0.15, 0.2) is 0 Å². The Morgan fingerprint density at radius 1 is 0.625 bits per heavy atom. The third-order valence-electron chi connectivity index (χ3n) is 7.12. The molecule has 24 heavy (non-hydrogen) atoms. The van der Waals surface area contributed by atoms with Gasteiger partial charge in [0.1, 0.15) is 0 Å². The highest BCUT2D eigenvalue weighted by atomic mass is 16.5. The molecule has 1 fully saturated rings. The minimum atomic E-state index is -0.143. The summed E-state index contributed by atoms with van der Waals surface area (Å²) in [5.41, 5.74) is 0.216.